The molecule has 2 aliphatic rings. The maximum atomic E-state index is 14.0. The summed E-state index contributed by atoms with van der Waals surface area (Å²) in [6.45, 7) is 3.04. The lowest BCUT2D eigenvalue weighted by atomic mass is 10.0. The number of amides is 2. The zero-order chi connectivity index (χ0) is 21.6. The highest BCUT2D eigenvalue weighted by atomic mass is 35.5. The van der Waals surface area contributed by atoms with Gasteiger partial charge in [0.25, 0.3) is 11.8 Å². The Bertz CT molecular complexity index is 1200. The number of para-hydroxylation sites is 1. The predicted molar refractivity (Wildman–Crippen MR) is 125 cm³/mol. The number of carbonyl (C=O) groups excluding carboxylic acids is 2. The first-order valence-corrected chi connectivity index (χ1v) is 11.6. The minimum atomic E-state index is -1.04. The summed E-state index contributed by atoms with van der Waals surface area (Å²) < 4.78 is 0. The summed E-state index contributed by atoms with van der Waals surface area (Å²) in [5.41, 5.74) is 4.48. The fraction of sp³-hybridized carbons (Fsp3) is 0.200. The van der Waals surface area contributed by atoms with Gasteiger partial charge >= 0.3 is 0 Å². The van der Waals surface area contributed by atoms with Crippen molar-refractivity contribution in [1.82, 2.24) is 4.90 Å². The lowest BCUT2D eigenvalue weighted by Crippen LogP contribution is -2.50. The van der Waals surface area contributed by atoms with Crippen molar-refractivity contribution in [3.63, 3.8) is 0 Å². The van der Waals surface area contributed by atoms with E-state index in [0.29, 0.717) is 29.4 Å². The molecule has 6 heteroatoms. The summed E-state index contributed by atoms with van der Waals surface area (Å²) in [5.74, 6) is 0.466. The smallest absolute Gasteiger partial charge is 0.268 e. The molecule has 5 rings (SSSR count). The lowest BCUT2D eigenvalue weighted by Gasteiger charge is -2.33. The zero-order valence-electron chi connectivity index (χ0n) is 17.0. The Labute approximate surface area is 190 Å². The van der Waals surface area contributed by atoms with Gasteiger partial charge in [-0.05, 0) is 42.3 Å². The van der Waals surface area contributed by atoms with Crippen molar-refractivity contribution in [3.05, 3.63) is 100 Å². The van der Waals surface area contributed by atoms with E-state index < -0.39 is 4.87 Å². The number of nitrogens with zero attached hydrogens (tertiary/aromatic N) is 2. The molecule has 0 N–H and O–H groups in total. The molecule has 156 valence electrons. The average molecular weight is 449 g/mol. The number of aryl methyl sites for hydroxylation is 1. The Balaban J connectivity index is 1.59. The van der Waals surface area contributed by atoms with Crippen LogP contribution in [0.4, 0.5) is 5.69 Å². The third-order valence-corrected chi connectivity index (χ3v) is 7.66. The van der Waals surface area contributed by atoms with E-state index >= 15 is 0 Å². The summed E-state index contributed by atoms with van der Waals surface area (Å²) in [6.07, 6.45) is 0. The van der Waals surface area contributed by atoms with Crippen molar-refractivity contribution in [2.75, 3.05) is 17.2 Å². The Kier molecular flexibility index (Phi) is 5.03. The van der Waals surface area contributed by atoms with Crippen molar-refractivity contribution in [2.45, 2.75) is 18.3 Å². The van der Waals surface area contributed by atoms with E-state index in [1.807, 2.05) is 47.4 Å². The van der Waals surface area contributed by atoms with Gasteiger partial charge in [0.2, 0.25) is 0 Å². The van der Waals surface area contributed by atoms with E-state index in [-0.39, 0.29) is 11.8 Å². The molecule has 1 saturated heterocycles. The largest absolute Gasteiger partial charge is 0.311 e. The Hall–Kier alpha value is -2.76. The topological polar surface area (TPSA) is 40.6 Å². The molecule has 1 fully saturated rings. The van der Waals surface area contributed by atoms with Gasteiger partial charge in [-0.2, -0.15) is 0 Å². The van der Waals surface area contributed by atoms with Gasteiger partial charge in [-0.15, -0.1) is 11.8 Å². The standard InChI is InChI=1S/C25H21ClN2O2S/c1-17-7-2-3-8-19(17)16-27-22-12-5-4-11-21(22)25(24(27)30)28(13-14-31-25)23(29)18-9-6-10-20(26)15-18/h2-12,15H,13-14,16H2,1H3/t25-/m0/s1. The van der Waals surface area contributed by atoms with Crippen molar-refractivity contribution in [3.8, 4) is 0 Å². The molecule has 1 atom stereocenters. The van der Waals surface area contributed by atoms with Crippen LogP contribution in [-0.2, 0) is 16.2 Å². The molecular weight excluding hydrogens is 428 g/mol. The van der Waals surface area contributed by atoms with Gasteiger partial charge in [-0.3, -0.25) is 9.59 Å². The quantitative estimate of drug-likeness (QED) is 0.550. The van der Waals surface area contributed by atoms with E-state index in [2.05, 4.69) is 13.0 Å². The Morgan fingerprint density at radius 3 is 2.65 bits per heavy atom. The van der Waals surface area contributed by atoms with Gasteiger partial charge in [0.15, 0.2) is 4.87 Å². The van der Waals surface area contributed by atoms with Crippen LogP contribution in [0.1, 0.15) is 27.0 Å². The van der Waals surface area contributed by atoms with Crippen molar-refractivity contribution in [2.24, 2.45) is 0 Å². The first-order chi connectivity index (χ1) is 15.0. The van der Waals surface area contributed by atoms with Crippen LogP contribution in [-0.4, -0.2) is 29.0 Å². The second-order valence-electron chi connectivity index (χ2n) is 7.79. The van der Waals surface area contributed by atoms with Gasteiger partial charge in [0, 0.05) is 28.4 Å². The Morgan fingerprint density at radius 1 is 1.06 bits per heavy atom. The number of fused-ring (bicyclic) bond motifs is 2. The lowest BCUT2D eigenvalue weighted by molar-refractivity contribution is -0.123. The van der Waals surface area contributed by atoms with Crippen LogP contribution >= 0.6 is 23.4 Å². The minimum absolute atomic E-state index is 0.0603. The molecule has 0 unspecified atom stereocenters. The van der Waals surface area contributed by atoms with Crippen LogP contribution in [0.5, 0.6) is 0 Å². The Morgan fingerprint density at radius 2 is 1.84 bits per heavy atom. The molecule has 0 radical (unpaired) electrons. The summed E-state index contributed by atoms with van der Waals surface area (Å²) in [4.78, 5) is 30.0. The molecule has 31 heavy (non-hydrogen) atoms. The fourth-order valence-electron chi connectivity index (χ4n) is 4.46. The highest BCUT2D eigenvalue weighted by Gasteiger charge is 2.59. The van der Waals surface area contributed by atoms with Gasteiger partial charge < -0.3 is 9.80 Å². The third-order valence-electron chi connectivity index (χ3n) is 6.01. The van der Waals surface area contributed by atoms with Gasteiger partial charge in [0.1, 0.15) is 0 Å². The number of anilines is 1. The van der Waals surface area contributed by atoms with Crippen LogP contribution in [0.15, 0.2) is 72.8 Å². The van der Waals surface area contributed by atoms with Crippen molar-refractivity contribution in [1.29, 1.82) is 0 Å². The predicted octanol–water partition coefficient (Wildman–Crippen LogP) is 5.24. The molecule has 2 aliphatic heterocycles. The normalized spacial score (nSPS) is 19.9. The van der Waals surface area contributed by atoms with Gasteiger partial charge in [-0.25, -0.2) is 0 Å². The van der Waals surface area contributed by atoms with E-state index in [9.17, 15) is 9.59 Å². The maximum absolute atomic E-state index is 14.0. The van der Waals surface area contributed by atoms with E-state index in [0.717, 1.165) is 22.4 Å². The molecule has 3 aromatic carbocycles. The first kappa shape index (κ1) is 20.2. The second-order valence-corrected chi connectivity index (χ2v) is 9.52. The zero-order valence-corrected chi connectivity index (χ0v) is 18.6. The van der Waals surface area contributed by atoms with Crippen LogP contribution in [0, 0.1) is 6.92 Å². The summed E-state index contributed by atoms with van der Waals surface area (Å²) in [6, 6.07) is 22.8. The summed E-state index contributed by atoms with van der Waals surface area (Å²) >= 11 is 7.67. The highest BCUT2D eigenvalue weighted by Crippen LogP contribution is 2.54. The molecule has 0 aromatic heterocycles. The molecule has 2 amide bonds. The number of hydrogen-bond donors (Lipinski definition) is 0. The molecule has 1 spiro atoms. The number of thioether (sulfide) groups is 1. The van der Waals surface area contributed by atoms with Crippen LogP contribution in [0.25, 0.3) is 0 Å². The summed E-state index contributed by atoms with van der Waals surface area (Å²) in [7, 11) is 0. The van der Waals surface area contributed by atoms with Gasteiger partial charge in [0.05, 0.1) is 12.2 Å². The molecule has 0 saturated carbocycles. The van der Waals surface area contributed by atoms with Crippen LogP contribution in [0.2, 0.25) is 5.02 Å². The van der Waals surface area contributed by atoms with Crippen LogP contribution in [0.3, 0.4) is 0 Å². The molecule has 2 heterocycles. The van der Waals surface area contributed by atoms with Crippen LogP contribution < -0.4 is 4.90 Å². The number of carbonyl (C=O) groups is 2. The molecule has 3 aromatic rings. The monoisotopic (exact) mass is 448 g/mol. The van der Waals surface area contributed by atoms with Crippen molar-refractivity contribution >= 4 is 40.9 Å². The van der Waals surface area contributed by atoms with E-state index in [1.54, 1.807) is 29.2 Å². The highest BCUT2D eigenvalue weighted by molar-refractivity contribution is 8.01. The fourth-order valence-corrected chi connectivity index (χ4v) is 6.11. The number of hydrogen-bond acceptors (Lipinski definition) is 3. The SMILES string of the molecule is Cc1ccccc1CN1C(=O)[C@@]2(SCCN2C(=O)c2cccc(Cl)c2)c2ccccc21. The number of halogens is 1. The molecule has 4 nitrogen and oxygen atoms in total. The van der Waals surface area contributed by atoms with Gasteiger partial charge in [-0.1, -0.05) is 60.1 Å². The first-order valence-electron chi connectivity index (χ1n) is 10.2. The maximum Gasteiger partial charge on any atom is 0.268 e. The molecule has 0 aliphatic carbocycles. The second kappa shape index (κ2) is 7.74. The average Bonchev–Trinajstić information content (AvgIpc) is 3.32. The van der Waals surface area contributed by atoms with E-state index in [1.165, 1.54) is 11.8 Å². The third kappa shape index (κ3) is 3.15. The molecular formula is C25H21ClN2O2S. The number of benzene rings is 3. The van der Waals surface area contributed by atoms with Crippen molar-refractivity contribution < 1.29 is 9.59 Å². The molecule has 0 bridgehead atoms. The summed E-state index contributed by atoms with van der Waals surface area (Å²) in [5, 5.41) is 0.506. The van der Waals surface area contributed by atoms with E-state index in [4.69, 9.17) is 11.6 Å². The minimum Gasteiger partial charge on any atom is -0.311 e. The number of rotatable bonds is 3.